The third kappa shape index (κ3) is 3.92. The zero-order chi connectivity index (χ0) is 17.8. The molecule has 1 saturated heterocycles. The van der Waals surface area contributed by atoms with E-state index in [4.69, 9.17) is 4.74 Å². The molecule has 5 nitrogen and oxygen atoms in total. The van der Waals surface area contributed by atoms with Crippen LogP contribution in [-0.4, -0.2) is 43.5 Å². The summed E-state index contributed by atoms with van der Waals surface area (Å²) < 4.78 is 5.25. The lowest BCUT2D eigenvalue weighted by molar-refractivity contribution is -0.131. The Morgan fingerprint density at radius 2 is 2.16 bits per heavy atom. The van der Waals surface area contributed by atoms with Crippen molar-refractivity contribution in [2.24, 2.45) is 0 Å². The smallest absolute Gasteiger partial charge is 0.227 e. The van der Waals surface area contributed by atoms with Gasteiger partial charge in [-0.3, -0.25) is 4.79 Å². The van der Waals surface area contributed by atoms with E-state index in [1.54, 1.807) is 7.11 Å². The molecule has 5 heteroatoms. The minimum absolute atomic E-state index is 0.139. The number of pyridine rings is 1. The minimum atomic E-state index is 0.139. The van der Waals surface area contributed by atoms with Gasteiger partial charge in [-0.15, -0.1) is 0 Å². The van der Waals surface area contributed by atoms with Gasteiger partial charge in [0.05, 0.1) is 19.6 Å². The number of carbonyl (C=O) groups excluding carboxylic acids is 1. The summed E-state index contributed by atoms with van der Waals surface area (Å²) in [6.07, 6.45) is 4.27. The van der Waals surface area contributed by atoms with Crippen molar-refractivity contribution in [1.29, 1.82) is 0 Å². The fourth-order valence-electron chi connectivity index (χ4n) is 3.36. The van der Waals surface area contributed by atoms with Gasteiger partial charge in [0, 0.05) is 26.8 Å². The number of nitrogens with zero attached hydrogens (tertiary/aromatic N) is 3. The molecule has 1 amide bonds. The normalized spacial score (nSPS) is 16.8. The van der Waals surface area contributed by atoms with Gasteiger partial charge in [-0.25, -0.2) is 4.98 Å². The number of methoxy groups -OCH3 is 1. The monoisotopic (exact) mass is 339 g/mol. The van der Waals surface area contributed by atoms with Gasteiger partial charge in [0.2, 0.25) is 5.91 Å². The van der Waals surface area contributed by atoms with Crippen LogP contribution in [0.25, 0.3) is 0 Å². The van der Waals surface area contributed by atoms with Gasteiger partial charge >= 0.3 is 0 Å². The highest BCUT2D eigenvalue weighted by Gasteiger charge is 2.30. The van der Waals surface area contributed by atoms with E-state index in [0.717, 1.165) is 42.1 Å². The number of hydrogen-bond acceptors (Lipinski definition) is 4. The van der Waals surface area contributed by atoms with Crippen LogP contribution in [0.2, 0.25) is 0 Å². The van der Waals surface area contributed by atoms with E-state index in [2.05, 4.69) is 11.1 Å². The average molecular weight is 339 g/mol. The van der Waals surface area contributed by atoms with Gasteiger partial charge in [-0.1, -0.05) is 12.1 Å². The van der Waals surface area contributed by atoms with E-state index in [1.807, 2.05) is 60.4 Å². The molecule has 0 N–H and O–H groups in total. The van der Waals surface area contributed by atoms with Gasteiger partial charge < -0.3 is 14.5 Å². The Bertz CT molecular complexity index is 745. The average Bonchev–Trinajstić information content (AvgIpc) is 3.12. The molecule has 2 aromatic rings. The maximum Gasteiger partial charge on any atom is 0.227 e. The van der Waals surface area contributed by atoms with Crippen LogP contribution in [0, 0.1) is 0 Å². The molecule has 0 radical (unpaired) electrons. The van der Waals surface area contributed by atoms with Crippen LogP contribution < -0.4 is 9.64 Å². The Balaban J connectivity index is 1.76. The third-order valence-electron chi connectivity index (χ3n) is 4.68. The maximum absolute atomic E-state index is 12.9. The van der Waals surface area contributed by atoms with E-state index in [0.29, 0.717) is 6.42 Å². The Kier molecular flexibility index (Phi) is 5.22. The van der Waals surface area contributed by atoms with Crippen molar-refractivity contribution in [3.8, 4) is 5.75 Å². The molecule has 2 heterocycles. The molecule has 0 spiro atoms. The lowest BCUT2D eigenvalue weighted by Gasteiger charge is -2.26. The van der Waals surface area contributed by atoms with E-state index < -0.39 is 0 Å². The molecule has 1 aromatic carbocycles. The van der Waals surface area contributed by atoms with Crippen molar-refractivity contribution in [3.05, 3.63) is 53.7 Å². The molecule has 1 unspecified atom stereocenters. The van der Waals surface area contributed by atoms with Crippen LogP contribution in [0.3, 0.4) is 0 Å². The highest BCUT2D eigenvalue weighted by atomic mass is 16.5. The number of carbonyl (C=O) groups is 1. The number of likely N-dealkylation sites (tertiary alicyclic amines) is 1. The van der Waals surface area contributed by atoms with Gasteiger partial charge in [0.25, 0.3) is 0 Å². The zero-order valence-corrected chi connectivity index (χ0v) is 15.1. The van der Waals surface area contributed by atoms with Crippen molar-refractivity contribution in [2.75, 3.05) is 32.6 Å². The Labute approximate surface area is 149 Å². The predicted molar refractivity (Wildman–Crippen MR) is 99.0 cm³/mol. The summed E-state index contributed by atoms with van der Waals surface area (Å²) in [6, 6.07) is 12.0. The summed E-state index contributed by atoms with van der Waals surface area (Å²) in [5.41, 5.74) is 2.15. The Morgan fingerprint density at radius 1 is 1.32 bits per heavy atom. The molecular weight excluding hydrogens is 314 g/mol. The number of amides is 1. The third-order valence-corrected chi connectivity index (χ3v) is 4.68. The molecule has 1 aromatic heterocycles. The van der Waals surface area contributed by atoms with Gasteiger partial charge in [0.1, 0.15) is 11.6 Å². The van der Waals surface area contributed by atoms with E-state index in [1.165, 1.54) is 0 Å². The first-order chi connectivity index (χ1) is 12.1. The summed E-state index contributed by atoms with van der Waals surface area (Å²) in [5.74, 6) is 1.87. The maximum atomic E-state index is 12.9. The van der Waals surface area contributed by atoms with E-state index in [9.17, 15) is 4.79 Å². The second-order valence-electron chi connectivity index (χ2n) is 6.62. The van der Waals surface area contributed by atoms with E-state index in [-0.39, 0.29) is 11.9 Å². The minimum Gasteiger partial charge on any atom is -0.497 e. The molecule has 1 aliphatic rings. The number of benzene rings is 1. The van der Waals surface area contributed by atoms with E-state index >= 15 is 0 Å². The highest BCUT2D eigenvalue weighted by Crippen LogP contribution is 2.33. The first kappa shape index (κ1) is 17.3. The SMILES string of the molecule is COc1cccc(CC(=O)N2CCCC2c2ccnc(N(C)C)c2)c1. The summed E-state index contributed by atoms with van der Waals surface area (Å²) in [7, 11) is 5.60. The van der Waals surface area contributed by atoms with Crippen molar-refractivity contribution in [2.45, 2.75) is 25.3 Å². The summed E-state index contributed by atoms with van der Waals surface area (Å²) in [4.78, 5) is 21.2. The van der Waals surface area contributed by atoms with Crippen LogP contribution in [0.5, 0.6) is 5.75 Å². The standard InChI is InChI=1S/C20H25N3O2/c1-22(2)19-14-16(9-10-21-19)18-8-5-11-23(18)20(24)13-15-6-4-7-17(12-15)25-3/h4,6-7,9-10,12,14,18H,5,8,11,13H2,1-3H3. The Hall–Kier alpha value is -2.56. The molecule has 1 fully saturated rings. The van der Waals surface area contributed by atoms with Crippen LogP contribution in [0.1, 0.15) is 30.0 Å². The highest BCUT2D eigenvalue weighted by molar-refractivity contribution is 5.79. The molecule has 1 aliphatic heterocycles. The zero-order valence-electron chi connectivity index (χ0n) is 15.1. The molecule has 0 bridgehead atoms. The van der Waals surface area contributed by atoms with Crippen molar-refractivity contribution >= 4 is 11.7 Å². The number of rotatable bonds is 5. The summed E-state index contributed by atoms with van der Waals surface area (Å²) in [5, 5.41) is 0. The lowest BCUT2D eigenvalue weighted by atomic mass is 10.0. The lowest BCUT2D eigenvalue weighted by Crippen LogP contribution is -2.32. The molecule has 0 saturated carbocycles. The summed E-state index contributed by atoms with van der Waals surface area (Å²) >= 11 is 0. The first-order valence-corrected chi connectivity index (χ1v) is 8.64. The number of aromatic nitrogens is 1. The van der Waals surface area contributed by atoms with Crippen LogP contribution >= 0.6 is 0 Å². The van der Waals surface area contributed by atoms with Gasteiger partial charge in [-0.05, 0) is 48.2 Å². The molecule has 0 aliphatic carbocycles. The molecular formula is C20H25N3O2. The number of hydrogen-bond donors (Lipinski definition) is 0. The van der Waals surface area contributed by atoms with Crippen molar-refractivity contribution in [3.63, 3.8) is 0 Å². The quantitative estimate of drug-likeness (QED) is 0.840. The predicted octanol–water partition coefficient (Wildman–Crippen LogP) is 3.06. The topological polar surface area (TPSA) is 45.7 Å². The molecule has 132 valence electrons. The fraction of sp³-hybridized carbons (Fsp3) is 0.400. The van der Waals surface area contributed by atoms with Gasteiger partial charge in [0.15, 0.2) is 0 Å². The number of anilines is 1. The first-order valence-electron chi connectivity index (χ1n) is 8.64. The Morgan fingerprint density at radius 3 is 2.92 bits per heavy atom. The molecule has 3 rings (SSSR count). The van der Waals surface area contributed by atoms with Crippen LogP contribution in [-0.2, 0) is 11.2 Å². The largest absolute Gasteiger partial charge is 0.497 e. The summed E-state index contributed by atoms with van der Waals surface area (Å²) in [6.45, 7) is 0.813. The molecule has 25 heavy (non-hydrogen) atoms. The van der Waals surface area contributed by atoms with Crippen molar-refractivity contribution in [1.82, 2.24) is 9.88 Å². The second-order valence-corrected chi connectivity index (χ2v) is 6.62. The number of ether oxygens (including phenoxy) is 1. The van der Waals surface area contributed by atoms with Crippen LogP contribution in [0.4, 0.5) is 5.82 Å². The van der Waals surface area contributed by atoms with Crippen molar-refractivity contribution < 1.29 is 9.53 Å². The molecule has 1 atom stereocenters. The van der Waals surface area contributed by atoms with Gasteiger partial charge in [-0.2, -0.15) is 0 Å². The second kappa shape index (κ2) is 7.55. The van der Waals surface area contributed by atoms with Crippen LogP contribution in [0.15, 0.2) is 42.6 Å². The fourth-order valence-corrected chi connectivity index (χ4v) is 3.36.